The van der Waals surface area contributed by atoms with E-state index in [1.165, 1.54) is 19.3 Å². The van der Waals surface area contributed by atoms with Crippen molar-refractivity contribution in [2.24, 2.45) is 35.0 Å². The normalized spacial score (nSPS) is 40.8. The summed E-state index contributed by atoms with van der Waals surface area (Å²) in [7, 11) is 0. The van der Waals surface area contributed by atoms with Gasteiger partial charge in [-0.1, -0.05) is 51.3 Å². The van der Waals surface area contributed by atoms with Gasteiger partial charge < -0.3 is 20.5 Å². The molecule has 2 amide bonds. The summed E-state index contributed by atoms with van der Waals surface area (Å²) < 4.78 is 7.30. The SMILES string of the molecule is CCC(=O)NCCCCCC(=O)NCCN1C[C@@H](C)C[C@H]2O[C@]3(CC[C@@H]4C(=C3C)C[C@H]3[C@H]4CC=C4C[C@@H](O)CC[C@@]43C)[C@H](C)[C@@H]21. The Morgan fingerprint density at radius 3 is 2.67 bits per heavy atom. The van der Waals surface area contributed by atoms with Crippen molar-refractivity contribution < 1.29 is 19.4 Å². The summed E-state index contributed by atoms with van der Waals surface area (Å²) in [5.41, 5.74) is 4.92. The number of hydrogen-bond acceptors (Lipinski definition) is 5. The van der Waals surface area contributed by atoms with Gasteiger partial charge in [0.2, 0.25) is 11.8 Å². The van der Waals surface area contributed by atoms with Crippen LogP contribution in [-0.4, -0.2) is 71.9 Å². The third-order valence-electron chi connectivity index (χ3n) is 13.5. The summed E-state index contributed by atoms with van der Waals surface area (Å²) >= 11 is 0. The number of allylic oxidation sites excluding steroid dienone is 2. The fourth-order valence-corrected chi connectivity index (χ4v) is 11.1. The first kappa shape index (κ1) is 33.2. The number of aliphatic hydroxyl groups excluding tert-OH is 1. The third-order valence-corrected chi connectivity index (χ3v) is 13.5. The maximum Gasteiger partial charge on any atom is 0.220 e. The van der Waals surface area contributed by atoms with Crippen LogP contribution in [0.1, 0.15) is 118 Å². The molecule has 0 bridgehead atoms. The lowest BCUT2D eigenvalue weighted by Gasteiger charge is -2.49. The lowest BCUT2D eigenvalue weighted by Crippen LogP contribution is -2.54. The third kappa shape index (κ3) is 6.20. The van der Waals surface area contributed by atoms with Gasteiger partial charge in [0.15, 0.2) is 0 Å². The molecule has 7 nitrogen and oxygen atoms in total. The Labute approximate surface area is 272 Å². The van der Waals surface area contributed by atoms with E-state index in [0.29, 0.717) is 55.6 Å². The number of amides is 2. The zero-order valence-corrected chi connectivity index (χ0v) is 28.8. The van der Waals surface area contributed by atoms with E-state index in [4.69, 9.17) is 4.74 Å². The summed E-state index contributed by atoms with van der Waals surface area (Å²) in [6.45, 7) is 15.0. The van der Waals surface area contributed by atoms with E-state index >= 15 is 0 Å². The smallest absolute Gasteiger partial charge is 0.220 e. The molecule has 7 heteroatoms. The summed E-state index contributed by atoms with van der Waals surface area (Å²) in [5, 5.41) is 16.5. The first-order valence-electron chi connectivity index (χ1n) is 18.6. The number of hydrogen-bond donors (Lipinski definition) is 3. The van der Waals surface area contributed by atoms with Crippen molar-refractivity contribution in [1.82, 2.24) is 15.5 Å². The van der Waals surface area contributed by atoms with Crippen molar-refractivity contribution in [2.45, 2.75) is 142 Å². The minimum atomic E-state index is -0.156. The Kier molecular flexibility index (Phi) is 9.91. The predicted molar refractivity (Wildman–Crippen MR) is 178 cm³/mol. The molecule has 2 saturated carbocycles. The van der Waals surface area contributed by atoms with Gasteiger partial charge in [0, 0.05) is 51.0 Å². The number of likely N-dealkylation sites (tertiary alicyclic amines) is 1. The number of ether oxygens (including phenoxy) is 1. The van der Waals surface area contributed by atoms with E-state index in [0.717, 1.165) is 70.4 Å². The van der Waals surface area contributed by atoms with Crippen molar-refractivity contribution in [1.29, 1.82) is 0 Å². The predicted octanol–water partition coefficient (Wildman–Crippen LogP) is 5.92. The highest BCUT2D eigenvalue weighted by Crippen LogP contribution is 2.65. The highest BCUT2D eigenvalue weighted by molar-refractivity contribution is 5.76. The Balaban J connectivity index is 1.07. The molecule has 0 aromatic carbocycles. The largest absolute Gasteiger partial charge is 0.393 e. The molecule has 0 radical (unpaired) electrons. The van der Waals surface area contributed by atoms with Crippen LogP contribution >= 0.6 is 0 Å². The Bertz CT molecular complexity index is 1180. The van der Waals surface area contributed by atoms with Crippen molar-refractivity contribution in [3.8, 4) is 0 Å². The van der Waals surface area contributed by atoms with Crippen LogP contribution in [0.3, 0.4) is 0 Å². The highest BCUT2D eigenvalue weighted by Gasteiger charge is 2.61. The van der Waals surface area contributed by atoms with Crippen LogP contribution in [0.5, 0.6) is 0 Å². The maximum absolute atomic E-state index is 12.6. The fraction of sp³-hybridized carbons (Fsp3) is 0.842. The quantitative estimate of drug-likeness (QED) is 0.208. The van der Waals surface area contributed by atoms with E-state index in [1.807, 2.05) is 6.92 Å². The number of aliphatic hydroxyl groups is 1. The van der Waals surface area contributed by atoms with E-state index in [1.54, 1.807) is 16.7 Å². The van der Waals surface area contributed by atoms with Crippen molar-refractivity contribution >= 4 is 11.8 Å². The Morgan fingerprint density at radius 1 is 1.07 bits per heavy atom. The van der Waals surface area contributed by atoms with Crippen molar-refractivity contribution in [3.63, 3.8) is 0 Å². The van der Waals surface area contributed by atoms with Gasteiger partial charge >= 0.3 is 0 Å². The lowest BCUT2D eigenvalue weighted by molar-refractivity contribution is -0.122. The first-order valence-corrected chi connectivity index (χ1v) is 18.6. The highest BCUT2D eigenvalue weighted by atomic mass is 16.5. The molecule has 10 atom stereocenters. The second-order valence-electron chi connectivity index (χ2n) is 16.1. The number of piperidine rings is 1. The van der Waals surface area contributed by atoms with Gasteiger partial charge in [-0.15, -0.1) is 0 Å². The molecule has 2 saturated heterocycles. The minimum absolute atomic E-state index is 0.0950. The van der Waals surface area contributed by atoms with Gasteiger partial charge in [0.05, 0.1) is 17.8 Å². The molecule has 45 heavy (non-hydrogen) atoms. The molecule has 1 spiro atoms. The monoisotopic (exact) mass is 623 g/mol. The van der Waals surface area contributed by atoms with Crippen molar-refractivity contribution in [3.05, 3.63) is 22.8 Å². The van der Waals surface area contributed by atoms with E-state index in [2.05, 4.69) is 49.3 Å². The molecule has 0 aromatic rings. The number of nitrogens with zero attached hydrogens (tertiary/aromatic N) is 1. The second-order valence-corrected chi connectivity index (χ2v) is 16.1. The van der Waals surface area contributed by atoms with Gasteiger partial charge in [-0.3, -0.25) is 14.5 Å². The molecular formula is C38H61N3O4. The molecule has 252 valence electrons. The maximum atomic E-state index is 12.6. The standard InChI is InChI=1S/C38H61N3O4/c1-6-34(43)39-17-9-7-8-10-35(44)40-18-19-41-23-24(2)20-33-36(41)26(4)38(45-33)16-14-29-30-12-11-27-21-28(42)13-15-37(27,5)32(30)22-31(29)25(38)3/h11,24,26,28-30,32-33,36,42H,6-10,12-23H2,1-5H3,(H,39,43)(H,40,44)/t24-,26+,28-,29-,30-,32-,33+,36-,37-,38-/m0/s1. The van der Waals surface area contributed by atoms with Gasteiger partial charge in [0.25, 0.3) is 0 Å². The Morgan fingerprint density at radius 2 is 1.87 bits per heavy atom. The summed E-state index contributed by atoms with van der Waals surface area (Å²) in [4.78, 5) is 26.6. The van der Waals surface area contributed by atoms with Crippen molar-refractivity contribution in [2.75, 3.05) is 26.2 Å². The molecule has 4 aliphatic carbocycles. The molecule has 3 N–H and O–H groups in total. The average molecular weight is 624 g/mol. The zero-order chi connectivity index (χ0) is 31.9. The van der Waals surface area contributed by atoms with Gasteiger partial charge in [-0.05, 0) is 106 Å². The van der Waals surface area contributed by atoms with Gasteiger partial charge in [-0.25, -0.2) is 0 Å². The van der Waals surface area contributed by atoms with Crippen LogP contribution in [-0.2, 0) is 14.3 Å². The molecule has 6 rings (SSSR count). The topological polar surface area (TPSA) is 90.9 Å². The summed E-state index contributed by atoms with van der Waals surface area (Å²) in [5.74, 6) is 3.40. The minimum Gasteiger partial charge on any atom is -0.393 e. The first-order chi connectivity index (χ1) is 21.6. The van der Waals surface area contributed by atoms with Gasteiger partial charge in [-0.2, -0.15) is 0 Å². The van der Waals surface area contributed by atoms with Crippen LogP contribution < -0.4 is 10.6 Å². The summed E-state index contributed by atoms with van der Waals surface area (Å²) in [6, 6.07) is 0.401. The molecule has 0 unspecified atom stereocenters. The molecular weight excluding hydrogens is 562 g/mol. The van der Waals surface area contributed by atoms with Crippen LogP contribution in [0, 0.1) is 35.0 Å². The van der Waals surface area contributed by atoms with Crippen LogP contribution in [0.15, 0.2) is 22.8 Å². The lowest BCUT2D eigenvalue weighted by atomic mass is 9.56. The number of nitrogens with one attached hydrogen (secondary N) is 2. The molecule has 4 fully saturated rings. The van der Waals surface area contributed by atoms with E-state index in [-0.39, 0.29) is 35.0 Å². The Hall–Kier alpha value is -1.70. The fourth-order valence-electron chi connectivity index (χ4n) is 11.1. The summed E-state index contributed by atoms with van der Waals surface area (Å²) in [6.07, 6.45) is 15.3. The number of rotatable bonds is 10. The van der Waals surface area contributed by atoms with Crippen LogP contribution in [0.25, 0.3) is 0 Å². The molecule has 6 aliphatic rings. The van der Waals surface area contributed by atoms with Crippen LogP contribution in [0.2, 0.25) is 0 Å². The average Bonchev–Trinajstić information content (AvgIpc) is 3.53. The van der Waals surface area contributed by atoms with E-state index < -0.39 is 0 Å². The van der Waals surface area contributed by atoms with E-state index in [9.17, 15) is 14.7 Å². The van der Waals surface area contributed by atoms with Crippen LogP contribution in [0.4, 0.5) is 0 Å². The molecule has 2 aliphatic heterocycles. The zero-order valence-electron chi connectivity index (χ0n) is 28.8. The van der Waals surface area contributed by atoms with Gasteiger partial charge in [0.1, 0.15) is 0 Å². The second kappa shape index (κ2) is 13.4. The number of carbonyl (C=O) groups excluding carboxylic acids is 2. The molecule has 2 heterocycles. The number of carbonyl (C=O) groups is 2. The molecule has 0 aromatic heterocycles. The number of unbranched alkanes of at least 4 members (excludes halogenated alkanes) is 2. The number of fused-ring (bicyclic) bond motifs is 6.